The van der Waals surface area contributed by atoms with Gasteiger partial charge in [0.15, 0.2) is 5.96 Å². The Labute approximate surface area is 134 Å². The lowest BCUT2D eigenvalue weighted by Gasteiger charge is -2.30. The summed E-state index contributed by atoms with van der Waals surface area (Å²) in [5.41, 5.74) is 0. The summed E-state index contributed by atoms with van der Waals surface area (Å²) in [5.74, 6) is 1.78. The number of nitrogens with zero attached hydrogens (tertiary/aromatic N) is 4. The van der Waals surface area contributed by atoms with E-state index in [0.29, 0.717) is 0 Å². The Bertz CT molecular complexity index is 420. The summed E-state index contributed by atoms with van der Waals surface area (Å²) in [6, 6.07) is 1.94. The van der Waals surface area contributed by atoms with Crippen LogP contribution in [-0.2, 0) is 6.54 Å². The first-order valence-corrected chi connectivity index (χ1v) is 8.42. The van der Waals surface area contributed by atoms with Crippen LogP contribution in [0.2, 0.25) is 0 Å². The van der Waals surface area contributed by atoms with Crippen LogP contribution in [0.25, 0.3) is 0 Å². The van der Waals surface area contributed by atoms with Gasteiger partial charge in [-0.1, -0.05) is 6.92 Å². The highest BCUT2D eigenvalue weighted by Gasteiger charge is 2.14. The number of rotatable bonds is 7. The van der Waals surface area contributed by atoms with Crippen molar-refractivity contribution in [3.05, 3.63) is 18.5 Å². The lowest BCUT2D eigenvalue weighted by atomic mass is 9.99. The SMILES string of the molecule is CN=C(NCCCN1CCC(C)CC1)NCCn1cccn1. The fourth-order valence-electron chi connectivity index (χ4n) is 2.74. The number of aliphatic imine (C=N–C) groups is 1. The molecule has 1 aliphatic rings. The van der Waals surface area contributed by atoms with Gasteiger partial charge >= 0.3 is 0 Å². The van der Waals surface area contributed by atoms with Gasteiger partial charge in [-0.2, -0.15) is 5.10 Å². The van der Waals surface area contributed by atoms with E-state index in [2.05, 4.69) is 32.5 Å². The lowest BCUT2D eigenvalue weighted by molar-refractivity contribution is 0.191. The van der Waals surface area contributed by atoms with Crippen molar-refractivity contribution >= 4 is 5.96 Å². The van der Waals surface area contributed by atoms with Crippen molar-refractivity contribution in [3.63, 3.8) is 0 Å². The van der Waals surface area contributed by atoms with Crippen LogP contribution in [0.1, 0.15) is 26.2 Å². The number of piperidine rings is 1. The van der Waals surface area contributed by atoms with Crippen molar-refractivity contribution in [1.29, 1.82) is 0 Å². The maximum atomic E-state index is 4.25. The molecule has 1 fully saturated rings. The second kappa shape index (κ2) is 9.46. The minimum absolute atomic E-state index is 0.825. The monoisotopic (exact) mass is 306 g/mol. The number of hydrogen-bond donors (Lipinski definition) is 2. The molecule has 0 amide bonds. The summed E-state index contributed by atoms with van der Waals surface area (Å²) < 4.78 is 1.91. The van der Waals surface area contributed by atoms with Crippen molar-refractivity contribution in [3.8, 4) is 0 Å². The predicted molar refractivity (Wildman–Crippen MR) is 91.0 cm³/mol. The fourth-order valence-corrected chi connectivity index (χ4v) is 2.74. The number of likely N-dealkylation sites (tertiary alicyclic amines) is 1. The smallest absolute Gasteiger partial charge is 0.191 e. The van der Waals surface area contributed by atoms with E-state index >= 15 is 0 Å². The van der Waals surface area contributed by atoms with Gasteiger partial charge in [-0.15, -0.1) is 0 Å². The van der Waals surface area contributed by atoms with Gasteiger partial charge in [0.05, 0.1) is 6.54 Å². The molecule has 0 aliphatic carbocycles. The molecule has 0 spiro atoms. The topological polar surface area (TPSA) is 57.5 Å². The molecule has 2 heterocycles. The molecule has 1 aromatic rings. The highest BCUT2D eigenvalue weighted by Crippen LogP contribution is 2.15. The molecule has 6 heteroatoms. The molecule has 22 heavy (non-hydrogen) atoms. The third kappa shape index (κ3) is 6.05. The average Bonchev–Trinajstić information content (AvgIpc) is 3.04. The van der Waals surface area contributed by atoms with Crippen LogP contribution >= 0.6 is 0 Å². The maximum Gasteiger partial charge on any atom is 0.191 e. The molecule has 124 valence electrons. The Balaban J connectivity index is 1.52. The molecule has 1 aliphatic heterocycles. The molecule has 0 radical (unpaired) electrons. The molecule has 0 unspecified atom stereocenters. The Kier molecular flexibility index (Phi) is 7.22. The van der Waals surface area contributed by atoms with Gasteiger partial charge in [0, 0.05) is 32.5 Å². The Hall–Kier alpha value is -1.56. The Morgan fingerprint density at radius 2 is 2.00 bits per heavy atom. The van der Waals surface area contributed by atoms with E-state index in [1.54, 1.807) is 6.20 Å². The molecule has 2 N–H and O–H groups in total. The summed E-state index contributed by atoms with van der Waals surface area (Å²) in [6.45, 7) is 8.70. The lowest BCUT2D eigenvalue weighted by Crippen LogP contribution is -2.40. The predicted octanol–water partition coefficient (Wildman–Crippen LogP) is 1.17. The summed E-state index contributed by atoms with van der Waals surface area (Å²) >= 11 is 0. The first-order chi connectivity index (χ1) is 10.8. The summed E-state index contributed by atoms with van der Waals surface area (Å²) in [5, 5.41) is 10.9. The molecule has 6 nitrogen and oxygen atoms in total. The van der Waals surface area contributed by atoms with Gasteiger partial charge in [0.1, 0.15) is 0 Å². The van der Waals surface area contributed by atoms with Crippen LogP contribution in [0, 0.1) is 5.92 Å². The molecule has 1 saturated heterocycles. The normalized spacial score (nSPS) is 17.6. The molecule has 0 saturated carbocycles. The number of hydrogen-bond acceptors (Lipinski definition) is 3. The zero-order valence-corrected chi connectivity index (χ0v) is 14.0. The first kappa shape index (κ1) is 16.8. The van der Waals surface area contributed by atoms with Crippen LogP contribution < -0.4 is 10.6 Å². The molecular weight excluding hydrogens is 276 g/mol. The molecule has 0 aromatic carbocycles. The van der Waals surface area contributed by atoms with Crippen molar-refractivity contribution < 1.29 is 0 Å². The van der Waals surface area contributed by atoms with Crippen LogP contribution in [0.5, 0.6) is 0 Å². The van der Waals surface area contributed by atoms with E-state index in [0.717, 1.165) is 37.9 Å². The zero-order chi connectivity index (χ0) is 15.6. The maximum absolute atomic E-state index is 4.25. The molecule has 0 bridgehead atoms. The van der Waals surface area contributed by atoms with Gasteiger partial charge < -0.3 is 15.5 Å². The van der Waals surface area contributed by atoms with Gasteiger partial charge in [-0.05, 0) is 50.9 Å². The van der Waals surface area contributed by atoms with Crippen molar-refractivity contribution in [2.75, 3.05) is 39.8 Å². The van der Waals surface area contributed by atoms with Crippen molar-refractivity contribution in [2.24, 2.45) is 10.9 Å². The molecule has 1 aromatic heterocycles. The average molecular weight is 306 g/mol. The quantitative estimate of drug-likeness (QED) is 0.451. The van der Waals surface area contributed by atoms with Crippen molar-refractivity contribution in [1.82, 2.24) is 25.3 Å². The summed E-state index contributed by atoms with van der Waals surface area (Å²) in [6.07, 6.45) is 7.63. The van der Waals surface area contributed by atoms with Gasteiger partial charge in [0.2, 0.25) is 0 Å². The third-order valence-electron chi connectivity index (χ3n) is 4.24. The highest BCUT2D eigenvalue weighted by atomic mass is 15.3. The molecule has 2 rings (SSSR count). The second-order valence-corrected chi connectivity index (χ2v) is 6.07. The van der Waals surface area contributed by atoms with E-state index in [-0.39, 0.29) is 0 Å². The second-order valence-electron chi connectivity index (χ2n) is 6.07. The van der Waals surface area contributed by atoms with E-state index in [1.165, 1.54) is 32.5 Å². The van der Waals surface area contributed by atoms with E-state index < -0.39 is 0 Å². The van der Waals surface area contributed by atoms with Gasteiger partial charge in [0.25, 0.3) is 0 Å². The standard InChI is InChI=1S/C16H30N6/c1-15-5-12-21(13-6-15)10-3-7-18-16(17-2)19-9-14-22-11-4-8-20-22/h4,8,11,15H,3,5-7,9-10,12-14H2,1-2H3,(H2,17,18,19). The fraction of sp³-hybridized carbons (Fsp3) is 0.750. The van der Waals surface area contributed by atoms with E-state index in [1.807, 2.05) is 24.0 Å². The summed E-state index contributed by atoms with van der Waals surface area (Å²) in [4.78, 5) is 6.83. The molecular formula is C16H30N6. The number of aromatic nitrogens is 2. The van der Waals surface area contributed by atoms with Crippen LogP contribution in [0.4, 0.5) is 0 Å². The zero-order valence-electron chi connectivity index (χ0n) is 14.0. The van der Waals surface area contributed by atoms with Crippen LogP contribution in [-0.4, -0.2) is 60.4 Å². The first-order valence-electron chi connectivity index (χ1n) is 8.42. The summed E-state index contributed by atoms with van der Waals surface area (Å²) in [7, 11) is 1.81. The highest BCUT2D eigenvalue weighted by molar-refractivity contribution is 5.79. The van der Waals surface area contributed by atoms with Crippen LogP contribution in [0.15, 0.2) is 23.5 Å². The van der Waals surface area contributed by atoms with Crippen molar-refractivity contribution in [2.45, 2.75) is 32.7 Å². The largest absolute Gasteiger partial charge is 0.356 e. The Morgan fingerprint density at radius 3 is 2.68 bits per heavy atom. The number of nitrogens with one attached hydrogen (secondary N) is 2. The Morgan fingerprint density at radius 1 is 1.23 bits per heavy atom. The molecule has 0 atom stereocenters. The third-order valence-corrected chi connectivity index (χ3v) is 4.24. The van der Waals surface area contributed by atoms with E-state index in [9.17, 15) is 0 Å². The minimum atomic E-state index is 0.825. The van der Waals surface area contributed by atoms with E-state index in [4.69, 9.17) is 0 Å². The van der Waals surface area contributed by atoms with Gasteiger partial charge in [-0.25, -0.2) is 0 Å². The number of guanidine groups is 1. The minimum Gasteiger partial charge on any atom is -0.356 e. The van der Waals surface area contributed by atoms with Crippen LogP contribution in [0.3, 0.4) is 0 Å². The van der Waals surface area contributed by atoms with Gasteiger partial charge in [-0.3, -0.25) is 9.67 Å².